The zero-order chi connectivity index (χ0) is 15.2. The van der Waals surface area contributed by atoms with Crippen molar-refractivity contribution >= 4 is 27.9 Å². The maximum Gasteiger partial charge on any atom is 0.263 e. The maximum atomic E-state index is 12.0. The fourth-order valence-corrected chi connectivity index (χ4v) is 4.40. The zero-order valence-corrected chi connectivity index (χ0v) is 13.4. The molecule has 4 N–H and O–H groups in total. The summed E-state index contributed by atoms with van der Waals surface area (Å²) in [6.07, 6.45) is 4.08. The molecule has 1 unspecified atom stereocenters. The number of carbonyl (C=O) groups excluding carboxylic acids is 1. The van der Waals surface area contributed by atoms with Crippen LogP contribution in [0.5, 0.6) is 0 Å². The standard InChI is InChI=1S/C15H23N3O2S/c1-15(20)6-3-7-18(8-15)14-10(9-4-5-9)11(16)12(21-14)13(19)17-2/h9,20H,3-8,16H2,1-2H3,(H,17,19). The quantitative estimate of drug-likeness (QED) is 0.797. The molecule has 0 spiro atoms. The van der Waals surface area contributed by atoms with Gasteiger partial charge in [0.2, 0.25) is 0 Å². The minimum absolute atomic E-state index is 0.116. The summed E-state index contributed by atoms with van der Waals surface area (Å²) in [5.74, 6) is 0.371. The first-order valence-electron chi connectivity index (χ1n) is 7.54. The normalized spacial score (nSPS) is 26.0. The Morgan fingerprint density at radius 2 is 2.24 bits per heavy atom. The number of nitrogens with zero attached hydrogens (tertiary/aromatic N) is 1. The van der Waals surface area contributed by atoms with Gasteiger partial charge in [-0.1, -0.05) is 0 Å². The van der Waals surface area contributed by atoms with Gasteiger partial charge < -0.3 is 21.1 Å². The van der Waals surface area contributed by atoms with Gasteiger partial charge in [-0.25, -0.2) is 0 Å². The van der Waals surface area contributed by atoms with E-state index in [-0.39, 0.29) is 5.91 Å². The third kappa shape index (κ3) is 2.74. The monoisotopic (exact) mass is 309 g/mol. The van der Waals surface area contributed by atoms with E-state index in [0.717, 1.165) is 42.8 Å². The molecule has 0 aromatic carbocycles. The number of hydrogen-bond donors (Lipinski definition) is 3. The molecule has 1 aliphatic carbocycles. The Morgan fingerprint density at radius 1 is 1.52 bits per heavy atom. The number of amides is 1. The summed E-state index contributed by atoms with van der Waals surface area (Å²) in [6, 6.07) is 0. The van der Waals surface area contributed by atoms with Crippen molar-refractivity contribution in [1.82, 2.24) is 5.32 Å². The smallest absolute Gasteiger partial charge is 0.263 e. The summed E-state index contributed by atoms with van der Waals surface area (Å²) in [4.78, 5) is 14.8. The van der Waals surface area contributed by atoms with Crippen LogP contribution in [0.2, 0.25) is 0 Å². The largest absolute Gasteiger partial charge is 0.397 e. The average molecular weight is 309 g/mol. The minimum Gasteiger partial charge on any atom is -0.397 e. The molecular weight excluding hydrogens is 286 g/mol. The van der Waals surface area contributed by atoms with Gasteiger partial charge in [-0.3, -0.25) is 4.79 Å². The number of carbonyl (C=O) groups is 1. The Bertz CT molecular complexity index is 564. The molecule has 1 aliphatic heterocycles. The van der Waals surface area contributed by atoms with E-state index in [1.165, 1.54) is 11.3 Å². The number of piperidine rings is 1. The lowest BCUT2D eigenvalue weighted by atomic mass is 9.95. The van der Waals surface area contributed by atoms with Gasteiger partial charge in [-0.2, -0.15) is 0 Å². The highest BCUT2D eigenvalue weighted by molar-refractivity contribution is 7.18. The van der Waals surface area contributed by atoms with Gasteiger partial charge in [0.25, 0.3) is 5.91 Å². The number of nitrogen functional groups attached to an aromatic ring is 1. The van der Waals surface area contributed by atoms with Crippen LogP contribution in [-0.2, 0) is 0 Å². The number of aliphatic hydroxyl groups is 1. The first-order valence-corrected chi connectivity index (χ1v) is 8.36. The van der Waals surface area contributed by atoms with Crippen LogP contribution in [0.25, 0.3) is 0 Å². The third-order valence-electron chi connectivity index (χ3n) is 4.34. The maximum absolute atomic E-state index is 12.0. The Kier molecular flexibility index (Phi) is 3.61. The van der Waals surface area contributed by atoms with E-state index in [1.54, 1.807) is 7.05 Å². The number of β-amino-alcohol motifs (C(OH)–C–C–N with tert-alkyl or cyclic N) is 1. The molecule has 21 heavy (non-hydrogen) atoms. The minimum atomic E-state index is -0.662. The SMILES string of the molecule is CNC(=O)c1sc(N2CCCC(C)(O)C2)c(C2CC2)c1N. The fourth-order valence-electron chi connectivity index (χ4n) is 3.12. The van der Waals surface area contributed by atoms with Crippen molar-refractivity contribution in [3.8, 4) is 0 Å². The van der Waals surface area contributed by atoms with Crippen LogP contribution in [0, 0.1) is 0 Å². The van der Waals surface area contributed by atoms with Crippen molar-refractivity contribution in [3.05, 3.63) is 10.4 Å². The van der Waals surface area contributed by atoms with E-state index >= 15 is 0 Å². The van der Waals surface area contributed by atoms with Crippen molar-refractivity contribution in [3.63, 3.8) is 0 Å². The third-order valence-corrected chi connectivity index (χ3v) is 5.63. The van der Waals surface area contributed by atoms with Crippen LogP contribution in [0.1, 0.15) is 53.8 Å². The highest BCUT2D eigenvalue weighted by Gasteiger charge is 2.37. The van der Waals surface area contributed by atoms with Crippen LogP contribution in [0.15, 0.2) is 0 Å². The number of nitrogens with two attached hydrogens (primary N) is 1. The van der Waals surface area contributed by atoms with Gasteiger partial charge in [0, 0.05) is 25.7 Å². The molecule has 0 bridgehead atoms. The molecule has 2 fully saturated rings. The van der Waals surface area contributed by atoms with E-state index in [0.29, 0.717) is 23.0 Å². The van der Waals surface area contributed by atoms with Crippen LogP contribution < -0.4 is 16.0 Å². The van der Waals surface area contributed by atoms with E-state index in [1.807, 2.05) is 6.92 Å². The summed E-state index contributed by atoms with van der Waals surface area (Å²) < 4.78 is 0. The first kappa shape index (κ1) is 14.7. The summed E-state index contributed by atoms with van der Waals surface area (Å²) in [6.45, 7) is 3.41. The molecule has 0 radical (unpaired) electrons. The van der Waals surface area contributed by atoms with Gasteiger partial charge >= 0.3 is 0 Å². The molecule has 6 heteroatoms. The van der Waals surface area contributed by atoms with E-state index in [9.17, 15) is 9.90 Å². The van der Waals surface area contributed by atoms with Crippen molar-refractivity contribution in [2.24, 2.45) is 0 Å². The number of hydrogen-bond acceptors (Lipinski definition) is 5. The summed E-state index contributed by atoms with van der Waals surface area (Å²) >= 11 is 1.47. The van der Waals surface area contributed by atoms with Crippen molar-refractivity contribution in [2.45, 2.75) is 44.1 Å². The second kappa shape index (κ2) is 5.18. The van der Waals surface area contributed by atoms with Crippen LogP contribution in [-0.4, -0.2) is 36.8 Å². The number of anilines is 2. The van der Waals surface area contributed by atoms with E-state index in [2.05, 4.69) is 10.2 Å². The van der Waals surface area contributed by atoms with E-state index < -0.39 is 5.60 Å². The highest BCUT2D eigenvalue weighted by atomic mass is 32.1. The molecule has 2 heterocycles. The Hall–Kier alpha value is -1.27. The van der Waals surface area contributed by atoms with Gasteiger partial charge in [-0.05, 0) is 38.5 Å². The average Bonchev–Trinajstić information content (AvgIpc) is 3.20. The van der Waals surface area contributed by atoms with Gasteiger partial charge in [-0.15, -0.1) is 11.3 Å². The Balaban J connectivity index is 1.99. The summed E-state index contributed by atoms with van der Waals surface area (Å²) in [7, 11) is 1.63. The lowest BCUT2D eigenvalue weighted by molar-refractivity contribution is 0.0451. The predicted octanol–water partition coefficient (Wildman–Crippen LogP) is 1.92. The van der Waals surface area contributed by atoms with Crippen LogP contribution >= 0.6 is 11.3 Å². The van der Waals surface area contributed by atoms with Gasteiger partial charge in [0.15, 0.2) is 0 Å². The van der Waals surface area contributed by atoms with Crippen LogP contribution in [0.4, 0.5) is 10.7 Å². The molecule has 5 nitrogen and oxygen atoms in total. The summed E-state index contributed by atoms with van der Waals surface area (Å²) in [5, 5.41) is 14.1. The molecule has 1 amide bonds. The Labute approximate surface area is 129 Å². The number of rotatable bonds is 3. The molecule has 1 atom stereocenters. The molecular formula is C15H23N3O2S. The number of nitrogens with one attached hydrogen (secondary N) is 1. The second-order valence-corrected chi connectivity index (χ2v) is 7.44. The molecule has 1 aromatic heterocycles. The van der Waals surface area contributed by atoms with E-state index in [4.69, 9.17) is 5.73 Å². The van der Waals surface area contributed by atoms with Crippen molar-refractivity contribution in [2.75, 3.05) is 30.8 Å². The highest BCUT2D eigenvalue weighted by Crippen LogP contribution is 2.52. The lowest BCUT2D eigenvalue weighted by Gasteiger charge is -2.38. The Morgan fingerprint density at radius 3 is 2.81 bits per heavy atom. The topological polar surface area (TPSA) is 78.6 Å². The fraction of sp³-hybridized carbons (Fsp3) is 0.667. The molecule has 1 saturated heterocycles. The lowest BCUT2D eigenvalue weighted by Crippen LogP contribution is -2.46. The molecule has 1 saturated carbocycles. The first-order chi connectivity index (χ1) is 9.93. The van der Waals surface area contributed by atoms with Gasteiger partial charge in [0.05, 0.1) is 16.3 Å². The van der Waals surface area contributed by atoms with Crippen molar-refractivity contribution < 1.29 is 9.90 Å². The van der Waals surface area contributed by atoms with Gasteiger partial charge in [0.1, 0.15) is 4.88 Å². The second-order valence-electron chi connectivity index (χ2n) is 6.44. The summed E-state index contributed by atoms with van der Waals surface area (Å²) in [5.41, 5.74) is 7.37. The number of thiophene rings is 1. The molecule has 1 aromatic rings. The zero-order valence-electron chi connectivity index (χ0n) is 12.6. The van der Waals surface area contributed by atoms with Crippen LogP contribution in [0.3, 0.4) is 0 Å². The molecule has 3 rings (SSSR count). The predicted molar refractivity (Wildman–Crippen MR) is 86.2 cm³/mol. The van der Waals surface area contributed by atoms with Crippen molar-refractivity contribution in [1.29, 1.82) is 0 Å². The molecule has 2 aliphatic rings. The molecule has 116 valence electrons.